The maximum atomic E-state index is 5.68. The third-order valence-corrected chi connectivity index (χ3v) is 4.23. The SMILES string of the molecule is CC=CCCNC(=NC)NCC(c1ccco1)N1CCCCC1. The summed E-state index contributed by atoms with van der Waals surface area (Å²) < 4.78 is 5.68. The molecule has 1 aromatic heterocycles. The van der Waals surface area contributed by atoms with Crippen molar-refractivity contribution in [1.82, 2.24) is 15.5 Å². The highest BCUT2D eigenvalue weighted by Gasteiger charge is 2.24. The van der Waals surface area contributed by atoms with Gasteiger partial charge in [0.15, 0.2) is 5.96 Å². The number of guanidine groups is 1. The molecule has 0 amide bonds. The number of nitrogens with zero attached hydrogens (tertiary/aromatic N) is 2. The summed E-state index contributed by atoms with van der Waals surface area (Å²) in [4.78, 5) is 6.82. The first-order chi connectivity index (χ1) is 11.3. The monoisotopic (exact) mass is 318 g/mol. The van der Waals surface area contributed by atoms with E-state index < -0.39 is 0 Å². The Hall–Kier alpha value is -1.75. The summed E-state index contributed by atoms with van der Waals surface area (Å²) in [6.45, 7) is 6.01. The molecule has 0 radical (unpaired) electrons. The summed E-state index contributed by atoms with van der Waals surface area (Å²) in [6, 6.07) is 4.30. The van der Waals surface area contributed by atoms with Crippen LogP contribution in [0.2, 0.25) is 0 Å². The largest absolute Gasteiger partial charge is 0.468 e. The summed E-state index contributed by atoms with van der Waals surface area (Å²) in [5, 5.41) is 6.79. The average Bonchev–Trinajstić information content (AvgIpc) is 3.12. The second-order valence-electron chi connectivity index (χ2n) is 5.87. The number of piperidine rings is 1. The van der Waals surface area contributed by atoms with Crippen molar-refractivity contribution in [3.63, 3.8) is 0 Å². The molecule has 1 aliphatic heterocycles. The van der Waals surface area contributed by atoms with Crippen molar-refractivity contribution in [2.75, 3.05) is 33.2 Å². The maximum absolute atomic E-state index is 5.68. The number of aliphatic imine (C=N–C) groups is 1. The Morgan fingerprint density at radius 2 is 2.17 bits per heavy atom. The van der Waals surface area contributed by atoms with E-state index in [1.165, 1.54) is 19.3 Å². The summed E-state index contributed by atoms with van der Waals surface area (Å²) in [7, 11) is 1.81. The van der Waals surface area contributed by atoms with Crippen molar-refractivity contribution in [2.45, 2.75) is 38.6 Å². The van der Waals surface area contributed by atoms with Gasteiger partial charge >= 0.3 is 0 Å². The molecule has 1 atom stereocenters. The van der Waals surface area contributed by atoms with Gasteiger partial charge in [-0.1, -0.05) is 18.6 Å². The number of rotatable bonds is 7. The van der Waals surface area contributed by atoms with Crippen LogP contribution in [0.5, 0.6) is 0 Å². The van der Waals surface area contributed by atoms with Crippen LogP contribution in [0.25, 0.3) is 0 Å². The zero-order valence-electron chi connectivity index (χ0n) is 14.4. The molecule has 1 saturated heterocycles. The molecule has 0 saturated carbocycles. The Morgan fingerprint density at radius 3 is 2.83 bits per heavy atom. The third-order valence-electron chi connectivity index (χ3n) is 4.23. The normalized spacial score (nSPS) is 18.3. The van der Waals surface area contributed by atoms with Crippen molar-refractivity contribution in [3.8, 4) is 0 Å². The van der Waals surface area contributed by atoms with E-state index in [0.717, 1.165) is 44.3 Å². The minimum absolute atomic E-state index is 0.263. The summed E-state index contributed by atoms with van der Waals surface area (Å²) in [5.41, 5.74) is 0. The summed E-state index contributed by atoms with van der Waals surface area (Å²) >= 11 is 0. The van der Waals surface area contributed by atoms with E-state index >= 15 is 0 Å². The Kier molecular flexibility index (Phi) is 7.73. The average molecular weight is 318 g/mol. The standard InChI is InChI=1S/C18H30N4O/c1-3-4-6-11-20-18(19-2)21-15-16(17-10-9-14-23-17)22-12-7-5-8-13-22/h3-4,9-10,14,16H,5-8,11-13,15H2,1-2H3,(H2,19,20,21). The summed E-state index contributed by atoms with van der Waals surface area (Å²) in [5.74, 6) is 1.88. The number of nitrogens with one attached hydrogen (secondary N) is 2. The Morgan fingerprint density at radius 1 is 1.35 bits per heavy atom. The highest BCUT2D eigenvalue weighted by Crippen LogP contribution is 2.24. The van der Waals surface area contributed by atoms with E-state index in [-0.39, 0.29) is 6.04 Å². The lowest BCUT2D eigenvalue weighted by molar-refractivity contribution is 0.146. The molecule has 2 N–H and O–H groups in total. The molecule has 0 bridgehead atoms. The molecule has 2 rings (SSSR count). The molecular weight excluding hydrogens is 288 g/mol. The van der Waals surface area contributed by atoms with Crippen LogP contribution in [-0.2, 0) is 0 Å². The van der Waals surface area contributed by atoms with Crippen LogP contribution in [0.4, 0.5) is 0 Å². The maximum Gasteiger partial charge on any atom is 0.191 e. The minimum atomic E-state index is 0.263. The third kappa shape index (κ3) is 5.75. The molecule has 0 spiro atoms. The second kappa shape index (κ2) is 10.1. The first kappa shape index (κ1) is 17.6. The number of furan rings is 1. The van der Waals surface area contributed by atoms with Crippen LogP contribution >= 0.6 is 0 Å². The number of hydrogen-bond donors (Lipinski definition) is 2. The lowest BCUT2D eigenvalue weighted by atomic mass is 10.1. The van der Waals surface area contributed by atoms with E-state index in [2.05, 4.69) is 38.7 Å². The smallest absolute Gasteiger partial charge is 0.191 e. The number of likely N-dealkylation sites (tertiary alicyclic amines) is 1. The van der Waals surface area contributed by atoms with Crippen LogP contribution in [0.1, 0.15) is 44.4 Å². The van der Waals surface area contributed by atoms with Gasteiger partial charge in [-0.15, -0.1) is 0 Å². The first-order valence-corrected chi connectivity index (χ1v) is 8.68. The van der Waals surface area contributed by atoms with E-state index in [1.807, 2.05) is 20.0 Å². The van der Waals surface area contributed by atoms with Gasteiger partial charge in [0, 0.05) is 20.1 Å². The molecule has 5 nitrogen and oxygen atoms in total. The lowest BCUT2D eigenvalue weighted by Crippen LogP contribution is -2.44. The second-order valence-corrected chi connectivity index (χ2v) is 5.87. The van der Waals surface area contributed by atoms with Crippen LogP contribution in [0.15, 0.2) is 40.0 Å². The van der Waals surface area contributed by atoms with E-state index in [4.69, 9.17) is 4.42 Å². The molecule has 1 unspecified atom stereocenters. The first-order valence-electron chi connectivity index (χ1n) is 8.68. The highest BCUT2D eigenvalue weighted by molar-refractivity contribution is 5.79. The van der Waals surface area contributed by atoms with Crippen molar-refractivity contribution >= 4 is 5.96 Å². The van der Waals surface area contributed by atoms with Crippen molar-refractivity contribution < 1.29 is 4.42 Å². The fraction of sp³-hybridized carbons (Fsp3) is 0.611. The van der Waals surface area contributed by atoms with Gasteiger partial charge in [0.05, 0.1) is 12.3 Å². The number of hydrogen-bond acceptors (Lipinski definition) is 3. The molecular formula is C18H30N4O. The van der Waals surface area contributed by atoms with Gasteiger partial charge in [-0.3, -0.25) is 9.89 Å². The Balaban J connectivity index is 1.89. The topological polar surface area (TPSA) is 52.8 Å². The van der Waals surface area contributed by atoms with E-state index in [9.17, 15) is 0 Å². The van der Waals surface area contributed by atoms with Crippen LogP contribution in [-0.4, -0.2) is 44.1 Å². The highest BCUT2D eigenvalue weighted by atomic mass is 16.3. The molecule has 1 aliphatic rings. The van der Waals surface area contributed by atoms with Crippen molar-refractivity contribution in [1.29, 1.82) is 0 Å². The predicted octanol–water partition coefficient (Wildman–Crippen LogP) is 2.94. The van der Waals surface area contributed by atoms with Crippen LogP contribution in [0.3, 0.4) is 0 Å². The van der Waals surface area contributed by atoms with Crippen molar-refractivity contribution in [2.24, 2.45) is 4.99 Å². The van der Waals surface area contributed by atoms with Crippen LogP contribution < -0.4 is 10.6 Å². The Labute approximate surface area is 139 Å². The lowest BCUT2D eigenvalue weighted by Gasteiger charge is -2.33. The fourth-order valence-electron chi connectivity index (χ4n) is 2.98. The summed E-state index contributed by atoms with van der Waals surface area (Å²) in [6.07, 6.45) is 10.9. The molecule has 23 heavy (non-hydrogen) atoms. The van der Waals surface area contributed by atoms with E-state index in [0.29, 0.717) is 0 Å². The van der Waals surface area contributed by atoms with Crippen molar-refractivity contribution in [3.05, 3.63) is 36.3 Å². The zero-order valence-corrected chi connectivity index (χ0v) is 14.4. The molecule has 128 valence electrons. The van der Waals surface area contributed by atoms with E-state index in [1.54, 1.807) is 6.26 Å². The van der Waals surface area contributed by atoms with Gasteiger partial charge < -0.3 is 15.1 Å². The predicted molar refractivity (Wildman–Crippen MR) is 95.7 cm³/mol. The van der Waals surface area contributed by atoms with Gasteiger partial charge in [0.25, 0.3) is 0 Å². The van der Waals surface area contributed by atoms with Gasteiger partial charge in [-0.05, 0) is 51.4 Å². The molecule has 1 aromatic rings. The van der Waals surface area contributed by atoms with Gasteiger partial charge in [-0.25, -0.2) is 0 Å². The molecule has 0 aliphatic carbocycles. The minimum Gasteiger partial charge on any atom is -0.468 e. The molecule has 2 heterocycles. The van der Waals surface area contributed by atoms with Gasteiger partial charge in [0.2, 0.25) is 0 Å². The van der Waals surface area contributed by atoms with Gasteiger partial charge in [0.1, 0.15) is 5.76 Å². The van der Waals surface area contributed by atoms with Gasteiger partial charge in [-0.2, -0.15) is 0 Å². The Bertz CT molecular complexity index is 475. The quantitative estimate of drug-likeness (QED) is 0.351. The number of allylic oxidation sites excluding steroid dienone is 1. The fourth-order valence-corrected chi connectivity index (χ4v) is 2.98. The molecule has 0 aromatic carbocycles. The molecule has 1 fully saturated rings. The zero-order chi connectivity index (χ0) is 16.3. The molecule has 5 heteroatoms. The van der Waals surface area contributed by atoms with Crippen LogP contribution in [0, 0.1) is 0 Å².